The van der Waals surface area contributed by atoms with Crippen LogP contribution in [0.5, 0.6) is 5.75 Å². The van der Waals surface area contributed by atoms with Gasteiger partial charge in [0.2, 0.25) is 0 Å². The summed E-state index contributed by atoms with van der Waals surface area (Å²) in [5.41, 5.74) is 1.84. The van der Waals surface area contributed by atoms with Crippen LogP contribution in [0.25, 0.3) is 11.3 Å². The van der Waals surface area contributed by atoms with Gasteiger partial charge in [-0.25, -0.2) is 0 Å². The number of nitrogens with zero attached hydrogens (tertiary/aromatic N) is 1. The maximum atomic E-state index is 11.9. The van der Waals surface area contributed by atoms with E-state index >= 15 is 0 Å². The third-order valence-electron chi connectivity index (χ3n) is 3.05. The molecule has 0 fully saturated rings. The molecule has 21 heavy (non-hydrogen) atoms. The molecule has 6 heteroatoms. The lowest BCUT2D eigenvalue weighted by Crippen LogP contribution is -2.26. The van der Waals surface area contributed by atoms with E-state index in [-0.39, 0.29) is 5.91 Å². The van der Waals surface area contributed by atoms with Crippen molar-refractivity contribution in [3.05, 3.63) is 36.0 Å². The van der Waals surface area contributed by atoms with E-state index in [0.29, 0.717) is 30.1 Å². The number of nitrogens with one attached hydrogen (secondary N) is 2. The summed E-state index contributed by atoms with van der Waals surface area (Å²) in [4.78, 5) is 11.9. The summed E-state index contributed by atoms with van der Waals surface area (Å²) in [5, 5.41) is 18.7. The van der Waals surface area contributed by atoms with Crippen LogP contribution in [-0.4, -0.2) is 41.0 Å². The molecule has 1 aromatic heterocycles. The number of para-hydroxylation sites is 1. The van der Waals surface area contributed by atoms with E-state index in [1.54, 1.807) is 20.1 Å². The van der Waals surface area contributed by atoms with Gasteiger partial charge in [-0.05, 0) is 31.5 Å². The van der Waals surface area contributed by atoms with Crippen LogP contribution >= 0.6 is 0 Å². The van der Waals surface area contributed by atoms with Gasteiger partial charge < -0.3 is 15.2 Å². The normalized spacial score (nSPS) is 12.0. The number of aliphatic hydroxyl groups excluding tert-OH is 1. The molecule has 0 saturated carbocycles. The number of carbonyl (C=O) groups excluding carboxylic acids is 1. The van der Waals surface area contributed by atoms with Gasteiger partial charge in [0.05, 0.1) is 18.9 Å². The van der Waals surface area contributed by atoms with Crippen molar-refractivity contribution >= 4 is 5.91 Å². The molecule has 0 aliphatic heterocycles. The minimum Gasteiger partial charge on any atom is -0.496 e. The van der Waals surface area contributed by atoms with Gasteiger partial charge >= 0.3 is 0 Å². The number of aromatic amines is 1. The Kier molecular flexibility index (Phi) is 4.94. The van der Waals surface area contributed by atoms with Crippen LogP contribution < -0.4 is 10.1 Å². The number of aliphatic hydroxyl groups is 1. The summed E-state index contributed by atoms with van der Waals surface area (Å²) < 4.78 is 5.28. The van der Waals surface area contributed by atoms with Crippen molar-refractivity contribution in [1.29, 1.82) is 0 Å². The SMILES string of the molecule is COc1ccccc1-c1cc(C(=O)NCCC(C)O)[nH]n1. The van der Waals surface area contributed by atoms with Crippen LogP contribution in [0.1, 0.15) is 23.8 Å². The first-order chi connectivity index (χ1) is 10.1. The summed E-state index contributed by atoms with van der Waals surface area (Å²) in [7, 11) is 1.59. The van der Waals surface area contributed by atoms with Crippen LogP contribution in [0, 0.1) is 0 Å². The Bertz CT molecular complexity index is 608. The lowest BCUT2D eigenvalue weighted by Gasteiger charge is -2.05. The van der Waals surface area contributed by atoms with Crippen LogP contribution in [0.2, 0.25) is 0 Å². The Morgan fingerprint density at radius 2 is 2.24 bits per heavy atom. The fraction of sp³-hybridized carbons (Fsp3) is 0.333. The van der Waals surface area contributed by atoms with Crippen LogP contribution in [0.3, 0.4) is 0 Å². The molecule has 0 bridgehead atoms. The van der Waals surface area contributed by atoms with Gasteiger partial charge in [-0.3, -0.25) is 9.89 Å². The zero-order chi connectivity index (χ0) is 15.2. The zero-order valence-electron chi connectivity index (χ0n) is 12.1. The Morgan fingerprint density at radius 3 is 2.95 bits per heavy atom. The molecule has 1 amide bonds. The van der Waals surface area contributed by atoms with Crippen molar-refractivity contribution in [1.82, 2.24) is 15.5 Å². The van der Waals surface area contributed by atoms with Gasteiger partial charge in [0, 0.05) is 12.1 Å². The van der Waals surface area contributed by atoms with Crippen molar-refractivity contribution in [2.24, 2.45) is 0 Å². The summed E-state index contributed by atoms with van der Waals surface area (Å²) in [5.74, 6) is 0.453. The average Bonchev–Trinajstić information content (AvgIpc) is 2.96. The fourth-order valence-electron chi connectivity index (χ4n) is 1.92. The molecule has 2 rings (SSSR count). The predicted octanol–water partition coefficient (Wildman–Crippen LogP) is 1.59. The summed E-state index contributed by atoms with van der Waals surface area (Å²) in [6.45, 7) is 2.10. The van der Waals surface area contributed by atoms with E-state index < -0.39 is 6.10 Å². The second kappa shape index (κ2) is 6.90. The molecule has 0 aliphatic carbocycles. The van der Waals surface area contributed by atoms with Crippen molar-refractivity contribution in [3.8, 4) is 17.0 Å². The number of hydrogen-bond acceptors (Lipinski definition) is 4. The Labute approximate surface area is 123 Å². The quantitative estimate of drug-likeness (QED) is 0.753. The van der Waals surface area contributed by atoms with Gasteiger partial charge in [-0.15, -0.1) is 0 Å². The van der Waals surface area contributed by atoms with Crippen LogP contribution in [0.15, 0.2) is 30.3 Å². The first-order valence-electron chi connectivity index (χ1n) is 6.77. The smallest absolute Gasteiger partial charge is 0.269 e. The van der Waals surface area contributed by atoms with Gasteiger partial charge in [0.1, 0.15) is 11.4 Å². The maximum absolute atomic E-state index is 11.9. The van der Waals surface area contributed by atoms with Crippen molar-refractivity contribution in [3.63, 3.8) is 0 Å². The topological polar surface area (TPSA) is 87.2 Å². The second-order valence-electron chi connectivity index (χ2n) is 4.76. The molecule has 6 nitrogen and oxygen atoms in total. The van der Waals surface area contributed by atoms with Crippen molar-refractivity contribution in [2.45, 2.75) is 19.4 Å². The third kappa shape index (κ3) is 3.82. The van der Waals surface area contributed by atoms with E-state index in [9.17, 15) is 4.79 Å². The fourth-order valence-corrected chi connectivity index (χ4v) is 1.92. The monoisotopic (exact) mass is 289 g/mol. The Morgan fingerprint density at radius 1 is 1.48 bits per heavy atom. The van der Waals surface area contributed by atoms with E-state index in [0.717, 1.165) is 5.56 Å². The summed E-state index contributed by atoms with van der Waals surface area (Å²) in [6, 6.07) is 9.15. The van der Waals surface area contributed by atoms with E-state index in [2.05, 4.69) is 15.5 Å². The number of aromatic nitrogens is 2. The van der Waals surface area contributed by atoms with Crippen molar-refractivity contribution < 1.29 is 14.6 Å². The highest BCUT2D eigenvalue weighted by molar-refractivity contribution is 5.93. The standard InChI is InChI=1S/C15H19N3O3/c1-10(19)7-8-16-15(20)13-9-12(17-18-13)11-5-3-4-6-14(11)21-2/h3-6,9-10,19H,7-8H2,1-2H3,(H,16,20)(H,17,18). The zero-order valence-corrected chi connectivity index (χ0v) is 12.1. The molecule has 1 unspecified atom stereocenters. The molecular weight excluding hydrogens is 270 g/mol. The molecule has 112 valence electrons. The van der Waals surface area contributed by atoms with Gasteiger partial charge in [0.25, 0.3) is 5.91 Å². The number of carbonyl (C=O) groups is 1. The second-order valence-corrected chi connectivity index (χ2v) is 4.76. The highest BCUT2D eigenvalue weighted by Crippen LogP contribution is 2.28. The molecule has 1 atom stereocenters. The average molecular weight is 289 g/mol. The Balaban J connectivity index is 2.09. The molecule has 1 aromatic carbocycles. The highest BCUT2D eigenvalue weighted by atomic mass is 16.5. The van der Waals surface area contributed by atoms with Crippen LogP contribution in [0.4, 0.5) is 0 Å². The molecular formula is C15H19N3O3. The minimum absolute atomic E-state index is 0.246. The molecule has 1 heterocycles. The first kappa shape index (κ1) is 15.1. The van der Waals surface area contributed by atoms with Gasteiger partial charge in [-0.1, -0.05) is 12.1 Å². The number of rotatable bonds is 6. The highest BCUT2D eigenvalue weighted by Gasteiger charge is 2.13. The number of amides is 1. The van der Waals surface area contributed by atoms with E-state index in [1.165, 1.54) is 0 Å². The molecule has 2 aromatic rings. The third-order valence-corrected chi connectivity index (χ3v) is 3.05. The maximum Gasteiger partial charge on any atom is 0.269 e. The number of methoxy groups -OCH3 is 1. The summed E-state index contributed by atoms with van der Waals surface area (Å²) in [6.07, 6.45) is 0.0791. The van der Waals surface area contributed by atoms with Gasteiger partial charge in [-0.2, -0.15) is 5.10 Å². The number of H-pyrrole nitrogens is 1. The molecule has 0 aliphatic rings. The summed E-state index contributed by atoms with van der Waals surface area (Å²) >= 11 is 0. The minimum atomic E-state index is -0.434. The lowest BCUT2D eigenvalue weighted by atomic mass is 10.1. The van der Waals surface area contributed by atoms with E-state index in [4.69, 9.17) is 9.84 Å². The van der Waals surface area contributed by atoms with Gasteiger partial charge in [0.15, 0.2) is 0 Å². The molecule has 0 radical (unpaired) electrons. The lowest BCUT2D eigenvalue weighted by molar-refractivity contribution is 0.0940. The number of benzene rings is 1. The Hall–Kier alpha value is -2.34. The molecule has 0 saturated heterocycles. The van der Waals surface area contributed by atoms with E-state index in [1.807, 2.05) is 24.3 Å². The molecule has 0 spiro atoms. The van der Waals surface area contributed by atoms with Crippen molar-refractivity contribution in [2.75, 3.05) is 13.7 Å². The molecule has 3 N–H and O–H groups in total. The van der Waals surface area contributed by atoms with Crippen LogP contribution in [-0.2, 0) is 0 Å². The number of ether oxygens (including phenoxy) is 1. The predicted molar refractivity (Wildman–Crippen MR) is 79.2 cm³/mol. The largest absolute Gasteiger partial charge is 0.496 e. The first-order valence-corrected chi connectivity index (χ1v) is 6.77. The number of hydrogen-bond donors (Lipinski definition) is 3.